The number of carbonyl (C=O) groups excluding carboxylic acids is 1. The zero-order valence-corrected chi connectivity index (χ0v) is 15.3. The molecule has 3 rings (SSSR count). The predicted octanol–water partition coefficient (Wildman–Crippen LogP) is 2.85. The van der Waals surface area contributed by atoms with E-state index in [-0.39, 0.29) is 27.4 Å². The van der Waals surface area contributed by atoms with Crippen LogP contribution in [0.25, 0.3) is 10.2 Å². The second-order valence-corrected chi connectivity index (χ2v) is 9.30. The minimum atomic E-state index is -3.78. The average Bonchev–Trinajstić information content (AvgIpc) is 2.85. The summed E-state index contributed by atoms with van der Waals surface area (Å²) in [6, 6.07) is 4.37. The zero-order valence-electron chi connectivity index (χ0n) is 13.7. The molecule has 0 bridgehead atoms. The molecule has 9 heteroatoms. The first-order valence-electron chi connectivity index (χ1n) is 7.48. The fourth-order valence-corrected chi connectivity index (χ4v) is 4.16. The molecular weight excluding hydrogens is 362 g/mol. The van der Waals surface area contributed by atoms with Gasteiger partial charge in [-0.25, -0.2) is 23.5 Å². The van der Waals surface area contributed by atoms with Crippen LogP contribution in [-0.4, -0.2) is 30.5 Å². The van der Waals surface area contributed by atoms with Crippen LogP contribution in [0, 0.1) is 5.41 Å². The van der Waals surface area contributed by atoms with Crippen molar-refractivity contribution < 1.29 is 18.3 Å². The highest BCUT2D eigenvalue weighted by atomic mass is 32.2. The molecule has 0 aliphatic heterocycles. The molecule has 2 aromatic rings. The summed E-state index contributed by atoms with van der Waals surface area (Å²) in [5.41, 5.74) is 0.515. The van der Waals surface area contributed by atoms with E-state index in [1.807, 2.05) is 13.8 Å². The summed E-state index contributed by atoms with van der Waals surface area (Å²) < 4.78 is 23.4. The Morgan fingerprint density at radius 1 is 1.36 bits per heavy atom. The first-order valence-corrected chi connectivity index (χ1v) is 9.84. The number of sulfonamides is 1. The molecule has 0 spiro atoms. The molecule has 1 aromatic carbocycles. The SMILES string of the molecule is CC1(C)CC(=O)C(C=Nc2nc3ccc(S(N)(=O)=O)cc3s2)=C(O)C1. The molecule has 0 amide bonds. The maximum absolute atomic E-state index is 12.2. The number of thiazole rings is 1. The van der Waals surface area contributed by atoms with E-state index in [1.165, 1.54) is 29.7 Å². The lowest BCUT2D eigenvalue weighted by molar-refractivity contribution is -0.117. The van der Waals surface area contributed by atoms with E-state index in [2.05, 4.69) is 9.98 Å². The van der Waals surface area contributed by atoms with Gasteiger partial charge in [-0.15, -0.1) is 0 Å². The van der Waals surface area contributed by atoms with Crippen molar-refractivity contribution in [2.24, 2.45) is 15.5 Å². The number of aliphatic hydroxyl groups excluding tert-OH is 1. The highest BCUT2D eigenvalue weighted by Crippen LogP contribution is 2.35. The first kappa shape index (κ1) is 17.7. The molecule has 1 aliphatic carbocycles. The summed E-state index contributed by atoms with van der Waals surface area (Å²) in [4.78, 5) is 20.6. The van der Waals surface area contributed by atoms with Gasteiger partial charge in [0.05, 0.1) is 20.7 Å². The molecule has 25 heavy (non-hydrogen) atoms. The summed E-state index contributed by atoms with van der Waals surface area (Å²) in [5.74, 6) is -0.127. The number of primary sulfonamides is 1. The number of carbonyl (C=O) groups is 1. The number of nitrogens with zero attached hydrogens (tertiary/aromatic N) is 2. The van der Waals surface area contributed by atoms with Crippen LogP contribution in [0.5, 0.6) is 0 Å². The van der Waals surface area contributed by atoms with E-state index in [4.69, 9.17) is 5.14 Å². The maximum atomic E-state index is 12.2. The van der Waals surface area contributed by atoms with Crippen LogP contribution in [0.3, 0.4) is 0 Å². The van der Waals surface area contributed by atoms with E-state index in [0.29, 0.717) is 28.2 Å². The van der Waals surface area contributed by atoms with Crippen molar-refractivity contribution in [2.45, 2.75) is 31.6 Å². The molecule has 0 unspecified atom stereocenters. The number of Topliss-reactive ketones (excluding diaryl/α,β-unsaturated/α-hetero) is 1. The van der Waals surface area contributed by atoms with Crippen molar-refractivity contribution in [1.82, 2.24) is 4.98 Å². The van der Waals surface area contributed by atoms with Gasteiger partial charge in [0.15, 0.2) is 5.78 Å². The molecule has 0 fully saturated rings. The molecule has 0 saturated heterocycles. The Balaban J connectivity index is 1.93. The van der Waals surface area contributed by atoms with Crippen LogP contribution >= 0.6 is 11.3 Å². The fraction of sp³-hybridized carbons (Fsp3) is 0.312. The highest BCUT2D eigenvalue weighted by Gasteiger charge is 2.32. The van der Waals surface area contributed by atoms with Gasteiger partial charge < -0.3 is 5.11 Å². The van der Waals surface area contributed by atoms with Crippen LogP contribution in [-0.2, 0) is 14.8 Å². The van der Waals surface area contributed by atoms with Crippen molar-refractivity contribution in [2.75, 3.05) is 0 Å². The Hall–Kier alpha value is -2.10. The van der Waals surface area contributed by atoms with Crippen LogP contribution in [0.1, 0.15) is 26.7 Å². The number of benzene rings is 1. The average molecular weight is 379 g/mol. The van der Waals surface area contributed by atoms with Crippen molar-refractivity contribution in [1.29, 1.82) is 0 Å². The number of rotatable bonds is 3. The van der Waals surface area contributed by atoms with Gasteiger partial charge in [-0.05, 0) is 23.6 Å². The lowest BCUT2D eigenvalue weighted by atomic mass is 9.77. The number of allylic oxidation sites excluding steroid dienone is 2. The molecule has 7 nitrogen and oxygen atoms in total. The van der Waals surface area contributed by atoms with Gasteiger partial charge in [0.1, 0.15) is 5.76 Å². The molecule has 0 radical (unpaired) electrons. The van der Waals surface area contributed by atoms with Crippen LogP contribution < -0.4 is 5.14 Å². The maximum Gasteiger partial charge on any atom is 0.238 e. The summed E-state index contributed by atoms with van der Waals surface area (Å²) in [7, 11) is -3.78. The second kappa shape index (κ2) is 6.01. The summed E-state index contributed by atoms with van der Waals surface area (Å²) in [6.45, 7) is 3.84. The predicted molar refractivity (Wildman–Crippen MR) is 96.8 cm³/mol. The standard InChI is InChI=1S/C16H17N3O4S2/c1-16(2)6-12(20)10(13(21)7-16)8-18-15-19-11-4-3-9(25(17,22)23)5-14(11)24-15/h3-5,8,20H,6-7H2,1-2H3,(H2,17,22,23). The topological polar surface area (TPSA) is 123 Å². The van der Waals surface area contributed by atoms with Crippen molar-refractivity contribution >= 4 is 48.7 Å². The Labute approximate surface area is 149 Å². The van der Waals surface area contributed by atoms with Crippen molar-refractivity contribution in [3.8, 4) is 0 Å². The summed E-state index contributed by atoms with van der Waals surface area (Å²) in [5, 5.41) is 15.6. The van der Waals surface area contributed by atoms with E-state index >= 15 is 0 Å². The van der Waals surface area contributed by atoms with E-state index in [1.54, 1.807) is 6.07 Å². The Morgan fingerprint density at radius 2 is 2.08 bits per heavy atom. The van der Waals surface area contributed by atoms with E-state index in [0.717, 1.165) is 0 Å². The number of ketones is 1. The summed E-state index contributed by atoms with van der Waals surface area (Å²) in [6.07, 6.45) is 2.08. The largest absolute Gasteiger partial charge is 0.511 e. The van der Waals surface area contributed by atoms with Crippen molar-refractivity contribution in [3.05, 3.63) is 29.5 Å². The molecule has 132 valence electrons. The molecule has 1 aromatic heterocycles. The van der Waals surface area contributed by atoms with E-state index < -0.39 is 10.0 Å². The molecule has 1 heterocycles. The molecule has 1 aliphatic rings. The van der Waals surface area contributed by atoms with Gasteiger partial charge in [-0.2, -0.15) is 0 Å². The van der Waals surface area contributed by atoms with Crippen LogP contribution in [0.2, 0.25) is 0 Å². The monoisotopic (exact) mass is 379 g/mol. The molecular formula is C16H17N3O4S2. The van der Waals surface area contributed by atoms with E-state index in [9.17, 15) is 18.3 Å². The van der Waals surface area contributed by atoms with Gasteiger partial charge in [-0.3, -0.25) is 4.79 Å². The van der Waals surface area contributed by atoms with Crippen LogP contribution in [0.15, 0.2) is 39.4 Å². The fourth-order valence-electron chi connectivity index (χ4n) is 2.69. The molecule has 0 saturated carbocycles. The minimum absolute atomic E-state index is 0.00391. The Morgan fingerprint density at radius 3 is 2.72 bits per heavy atom. The van der Waals surface area contributed by atoms with Gasteiger partial charge in [0.2, 0.25) is 15.2 Å². The lowest BCUT2D eigenvalue weighted by Gasteiger charge is -2.28. The number of aromatic nitrogens is 1. The smallest absolute Gasteiger partial charge is 0.238 e. The third kappa shape index (κ3) is 3.78. The third-order valence-electron chi connectivity index (χ3n) is 3.88. The third-order valence-corrected chi connectivity index (χ3v) is 5.71. The number of nitrogens with two attached hydrogens (primary N) is 1. The summed E-state index contributed by atoms with van der Waals surface area (Å²) >= 11 is 1.17. The molecule has 0 atom stereocenters. The quantitative estimate of drug-likeness (QED) is 0.794. The zero-order chi connectivity index (χ0) is 18.4. The van der Waals surface area contributed by atoms with Crippen LogP contribution in [0.4, 0.5) is 5.13 Å². The normalized spacial score (nSPS) is 18.4. The van der Waals surface area contributed by atoms with Crippen molar-refractivity contribution in [3.63, 3.8) is 0 Å². The van der Waals surface area contributed by atoms with Gasteiger partial charge in [0.25, 0.3) is 0 Å². The van der Waals surface area contributed by atoms with Gasteiger partial charge in [0, 0.05) is 19.1 Å². The number of fused-ring (bicyclic) bond motifs is 1. The lowest BCUT2D eigenvalue weighted by Crippen LogP contribution is -2.26. The van der Waals surface area contributed by atoms with Gasteiger partial charge in [-0.1, -0.05) is 25.2 Å². The number of hydrogen-bond acceptors (Lipinski definition) is 7. The number of hydrogen-bond donors (Lipinski definition) is 2. The second-order valence-electron chi connectivity index (χ2n) is 6.73. The first-order chi connectivity index (χ1) is 11.5. The minimum Gasteiger partial charge on any atom is -0.511 e. The highest BCUT2D eigenvalue weighted by molar-refractivity contribution is 7.89. The van der Waals surface area contributed by atoms with Gasteiger partial charge >= 0.3 is 0 Å². The number of aliphatic hydroxyl groups is 1. The Kier molecular flexibility index (Phi) is 4.26. The molecule has 3 N–H and O–H groups in total. The Bertz CT molecular complexity index is 1030. The number of aliphatic imine (C=N–C) groups is 1.